The molecule has 0 aromatic carbocycles. The maximum absolute atomic E-state index is 11.6. The number of ether oxygens (including phenoxy) is 2. The number of aliphatic carboxylic acids is 1. The van der Waals surface area contributed by atoms with Gasteiger partial charge in [-0.2, -0.15) is 0 Å². The van der Waals surface area contributed by atoms with Crippen LogP contribution in [0.2, 0.25) is 0 Å². The van der Waals surface area contributed by atoms with Gasteiger partial charge in [0, 0.05) is 18.6 Å². The lowest BCUT2D eigenvalue weighted by atomic mass is 10.2. The Morgan fingerprint density at radius 3 is 1.72 bits per heavy atom. The number of carbonyl (C=O) groups is 3. The summed E-state index contributed by atoms with van der Waals surface area (Å²) in [5, 5.41) is 8.37. The standard InChI is InChI=1S/C26H36O6/c1-2-3-4-5-6-7-8-9-10-11-12-13-14-15-16-17-18-19-25(29)31-22-23-32-26(30)21-20-24(27)28/h3-4,6-7,9-10,12-13,15-16,20-21H,2,5,8,11,14,17-19,22-23H2,1H3,(H,27,28)/b4-3-,7-6-,10-9-,13-12-,16-15-,21-20+. The normalized spacial score (nSPS) is 12.3. The molecule has 0 heterocycles. The second-order valence-electron chi connectivity index (χ2n) is 6.66. The van der Waals surface area contributed by atoms with E-state index in [-0.39, 0.29) is 19.2 Å². The molecule has 0 bridgehead atoms. The smallest absolute Gasteiger partial charge is 0.331 e. The molecule has 0 fully saturated rings. The fourth-order valence-electron chi connectivity index (χ4n) is 2.29. The Kier molecular flexibility index (Phi) is 20.3. The number of carbonyl (C=O) groups excluding carboxylic acids is 2. The molecule has 6 heteroatoms. The van der Waals surface area contributed by atoms with E-state index in [0.717, 1.165) is 44.6 Å². The minimum atomic E-state index is -1.24. The Morgan fingerprint density at radius 1 is 0.688 bits per heavy atom. The second kappa shape index (κ2) is 22.5. The molecule has 0 amide bonds. The summed E-state index contributed by atoms with van der Waals surface area (Å²) in [5.41, 5.74) is 0. The highest BCUT2D eigenvalue weighted by atomic mass is 16.6. The Hall–Kier alpha value is -3.15. The second-order valence-corrected chi connectivity index (χ2v) is 6.66. The molecular weight excluding hydrogens is 408 g/mol. The van der Waals surface area contributed by atoms with Gasteiger partial charge in [0.1, 0.15) is 13.2 Å². The van der Waals surface area contributed by atoms with Gasteiger partial charge in [0.15, 0.2) is 0 Å². The molecule has 0 rings (SSSR count). The van der Waals surface area contributed by atoms with E-state index in [1.165, 1.54) is 0 Å². The van der Waals surface area contributed by atoms with Crippen molar-refractivity contribution in [1.29, 1.82) is 0 Å². The summed E-state index contributed by atoms with van der Waals surface area (Å²) in [5.74, 6) is -2.38. The molecule has 0 aliphatic carbocycles. The predicted octanol–water partition coefficient (Wildman–Crippen LogP) is 5.64. The summed E-state index contributed by atoms with van der Waals surface area (Å²) < 4.78 is 9.63. The number of carboxylic acid groups (broad SMARTS) is 1. The van der Waals surface area contributed by atoms with Crippen LogP contribution >= 0.6 is 0 Å². The number of allylic oxidation sites excluding steroid dienone is 10. The van der Waals surface area contributed by atoms with Crippen LogP contribution in [0.4, 0.5) is 0 Å². The van der Waals surface area contributed by atoms with Gasteiger partial charge >= 0.3 is 17.9 Å². The Bertz CT molecular complexity index is 695. The summed E-state index contributed by atoms with van der Waals surface area (Å²) in [6.07, 6.45) is 29.5. The van der Waals surface area contributed by atoms with E-state index in [0.29, 0.717) is 18.9 Å². The molecule has 0 radical (unpaired) electrons. The van der Waals surface area contributed by atoms with Crippen LogP contribution in [0.1, 0.15) is 58.3 Å². The first kappa shape index (κ1) is 28.9. The third-order valence-electron chi connectivity index (χ3n) is 3.86. The van der Waals surface area contributed by atoms with Gasteiger partial charge in [0.05, 0.1) is 0 Å². The van der Waals surface area contributed by atoms with E-state index in [9.17, 15) is 14.4 Å². The fraction of sp³-hybridized carbons (Fsp3) is 0.423. The van der Waals surface area contributed by atoms with Crippen LogP contribution in [-0.2, 0) is 23.9 Å². The lowest BCUT2D eigenvalue weighted by Crippen LogP contribution is -2.12. The average Bonchev–Trinajstić information content (AvgIpc) is 2.77. The first-order chi connectivity index (χ1) is 15.6. The minimum Gasteiger partial charge on any atom is -0.478 e. The van der Waals surface area contributed by atoms with Crippen molar-refractivity contribution in [2.24, 2.45) is 0 Å². The maximum Gasteiger partial charge on any atom is 0.331 e. The Labute approximate surface area is 191 Å². The quantitative estimate of drug-likeness (QED) is 0.127. The van der Waals surface area contributed by atoms with Crippen molar-refractivity contribution in [3.05, 3.63) is 72.9 Å². The monoisotopic (exact) mass is 444 g/mol. The van der Waals surface area contributed by atoms with Gasteiger partial charge in [-0.25, -0.2) is 9.59 Å². The van der Waals surface area contributed by atoms with Crippen LogP contribution in [0.5, 0.6) is 0 Å². The highest BCUT2D eigenvalue weighted by Gasteiger charge is 2.03. The zero-order valence-electron chi connectivity index (χ0n) is 19.0. The minimum absolute atomic E-state index is 0.0485. The van der Waals surface area contributed by atoms with Crippen LogP contribution in [-0.4, -0.2) is 36.2 Å². The van der Waals surface area contributed by atoms with Crippen LogP contribution in [0.15, 0.2) is 72.9 Å². The molecule has 0 spiro atoms. The van der Waals surface area contributed by atoms with Crippen LogP contribution in [0.3, 0.4) is 0 Å². The van der Waals surface area contributed by atoms with E-state index in [1.54, 1.807) is 0 Å². The fourth-order valence-corrected chi connectivity index (χ4v) is 2.29. The van der Waals surface area contributed by atoms with Crippen molar-refractivity contribution in [2.75, 3.05) is 13.2 Å². The van der Waals surface area contributed by atoms with E-state index < -0.39 is 11.9 Å². The number of rotatable bonds is 18. The summed E-state index contributed by atoms with van der Waals surface area (Å²) >= 11 is 0. The Balaban J connectivity index is 3.60. The number of carboxylic acids is 1. The van der Waals surface area contributed by atoms with Crippen molar-refractivity contribution in [3.63, 3.8) is 0 Å². The third-order valence-corrected chi connectivity index (χ3v) is 3.86. The highest BCUT2D eigenvalue weighted by Crippen LogP contribution is 2.01. The predicted molar refractivity (Wildman–Crippen MR) is 127 cm³/mol. The van der Waals surface area contributed by atoms with E-state index >= 15 is 0 Å². The molecule has 32 heavy (non-hydrogen) atoms. The molecule has 0 aromatic rings. The molecule has 0 aromatic heterocycles. The summed E-state index contributed by atoms with van der Waals surface area (Å²) in [4.78, 5) is 32.9. The molecule has 176 valence electrons. The topological polar surface area (TPSA) is 89.9 Å². The zero-order valence-corrected chi connectivity index (χ0v) is 19.0. The summed E-state index contributed by atoms with van der Waals surface area (Å²) in [6.45, 7) is 1.98. The van der Waals surface area contributed by atoms with Gasteiger partial charge in [0.2, 0.25) is 0 Å². The molecule has 1 N–H and O–H groups in total. The maximum atomic E-state index is 11.6. The number of esters is 2. The third kappa shape index (κ3) is 23.1. The zero-order chi connectivity index (χ0) is 23.7. The Morgan fingerprint density at radius 2 is 1.19 bits per heavy atom. The van der Waals surface area contributed by atoms with Gasteiger partial charge in [-0.15, -0.1) is 0 Å². The lowest BCUT2D eigenvalue weighted by Gasteiger charge is -2.04. The first-order valence-corrected chi connectivity index (χ1v) is 11.0. The number of hydrogen-bond acceptors (Lipinski definition) is 5. The first-order valence-electron chi connectivity index (χ1n) is 11.0. The van der Waals surface area contributed by atoms with Gasteiger partial charge in [0.25, 0.3) is 0 Å². The number of hydrogen-bond donors (Lipinski definition) is 1. The van der Waals surface area contributed by atoms with E-state index in [2.05, 4.69) is 66.3 Å². The van der Waals surface area contributed by atoms with Gasteiger partial charge < -0.3 is 14.6 Å². The summed E-state index contributed by atoms with van der Waals surface area (Å²) in [6, 6.07) is 0. The largest absolute Gasteiger partial charge is 0.478 e. The SMILES string of the molecule is CC/C=C\C/C=C\C/C=C\C/C=C\C/C=C\CCCC(=O)OCCOC(=O)/C=C/C(=O)O. The van der Waals surface area contributed by atoms with Gasteiger partial charge in [-0.1, -0.05) is 67.7 Å². The van der Waals surface area contributed by atoms with Crippen molar-refractivity contribution < 1.29 is 29.0 Å². The van der Waals surface area contributed by atoms with Crippen molar-refractivity contribution in [1.82, 2.24) is 0 Å². The molecule has 6 nitrogen and oxygen atoms in total. The molecule has 0 unspecified atom stereocenters. The van der Waals surface area contributed by atoms with E-state index in [4.69, 9.17) is 9.84 Å². The molecular formula is C26H36O6. The lowest BCUT2D eigenvalue weighted by molar-refractivity contribution is -0.149. The average molecular weight is 445 g/mol. The molecule has 0 aliphatic rings. The molecule has 0 atom stereocenters. The van der Waals surface area contributed by atoms with E-state index in [1.807, 2.05) is 6.08 Å². The van der Waals surface area contributed by atoms with Crippen LogP contribution in [0, 0.1) is 0 Å². The van der Waals surface area contributed by atoms with Crippen molar-refractivity contribution in [3.8, 4) is 0 Å². The van der Waals surface area contributed by atoms with Crippen LogP contribution < -0.4 is 0 Å². The van der Waals surface area contributed by atoms with Gasteiger partial charge in [-0.3, -0.25) is 4.79 Å². The van der Waals surface area contributed by atoms with Crippen molar-refractivity contribution >= 4 is 17.9 Å². The molecule has 0 aliphatic heterocycles. The number of unbranched alkanes of at least 4 members (excludes halogenated alkanes) is 1. The van der Waals surface area contributed by atoms with Gasteiger partial charge in [-0.05, 0) is 44.9 Å². The molecule has 0 saturated heterocycles. The molecule has 0 saturated carbocycles. The van der Waals surface area contributed by atoms with Crippen LogP contribution in [0.25, 0.3) is 0 Å². The highest BCUT2D eigenvalue weighted by molar-refractivity contribution is 5.90. The van der Waals surface area contributed by atoms with Crippen molar-refractivity contribution in [2.45, 2.75) is 58.3 Å². The summed E-state index contributed by atoms with van der Waals surface area (Å²) in [7, 11) is 0.